The zero-order valence-electron chi connectivity index (χ0n) is 7.42. The fourth-order valence-corrected chi connectivity index (χ4v) is 0.908. The van der Waals surface area contributed by atoms with Gasteiger partial charge in [-0.1, -0.05) is 6.08 Å². The van der Waals surface area contributed by atoms with Crippen molar-refractivity contribution in [1.82, 2.24) is 0 Å². The molecule has 0 aliphatic heterocycles. The van der Waals surface area contributed by atoms with Crippen molar-refractivity contribution in [1.29, 1.82) is 0 Å². The molecule has 11 heavy (non-hydrogen) atoms. The summed E-state index contributed by atoms with van der Waals surface area (Å²) in [4.78, 5) is 11.1. The first-order valence-corrected chi connectivity index (χ1v) is 3.75. The van der Waals surface area contributed by atoms with Gasteiger partial charge in [0.1, 0.15) is 5.78 Å². The summed E-state index contributed by atoms with van der Waals surface area (Å²) in [5, 5.41) is 9.30. The predicted octanol–water partition coefficient (Wildman–Crippen LogP) is 1.54. The van der Waals surface area contributed by atoms with E-state index in [9.17, 15) is 9.90 Å². The minimum absolute atomic E-state index is 0.00685. The molecule has 0 rings (SSSR count). The molecule has 64 valence electrons. The third-order valence-corrected chi connectivity index (χ3v) is 2.29. The first kappa shape index (κ1) is 10.4. The van der Waals surface area contributed by atoms with Crippen molar-refractivity contribution in [2.75, 3.05) is 0 Å². The van der Waals surface area contributed by atoms with E-state index < -0.39 is 11.5 Å². The Balaban J connectivity index is 4.51. The molecule has 0 radical (unpaired) electrons. The molecule has 0 saturated carbocycles. The standard InChI is InChI=1S/C9H16O2/c1-5-6-9(4,7(2)10)8(3)11/h5,7,10H,1,6H2,2-4H3/t7-,9-/m0/s1. The first-order valence-electron chi connectivity index (χ1n) is 3.75. The minimum atomic E-state index is -0.651. The zero-order chi connectivity index (χ0) is 9.07. The summed E-state index contributed by atoms with van der Waals surface area (Å²) in [7, 11) is 0. The number of hydrogen-bond acceptors (Lipinski definition) is 2. The Bertz CT molecular complexity index is 161. The van der Waals surface area contributed by atoms with Crippen molar-refractivity contribution in [3.63, 3.8) is 0 Å². The molecule has 0 fully saturated rings. The number of carbonyl (C=O) groups excluding carboxylic acids is 1. The van der Waals surface area contributed by atoms with Crippen LogP contribution in [0.25, 0.3) is 0 Å². The van der Waals surface area contributed by atoms with E-state index in [1.54, 1.807) is 19.9 Å². The van der Waals surface area contributed by atoms with Crippen molar-refractivity contribution >= 4 is 5.78 Å². The molecule has 2 nitrogen and oxygen atoms in total. The highest BCUT2D eigenvalue weighted by Gasteiger charge is 2.33. The Morgan fingerprint density at radius 1 is 1.82 bits per heavy atom. The van der Waals surface area contributed by atoms with Crippen molar-refractivity contribution in [3.05, 3.63) is 12.7 Å². The lowest BCUT2D eigenvalue weighted by Crippen LogP contribution is -2.36. The predicted molar refractivity (Wildman–Crippen MR) is 45.3 cm³/mol. The Morgan fingerprint density at radius 3 is 2.36 bits per heavy atom. The summed E-state index contributed by atoms with van der Waals surface area (Å²) in [6, 6.07) is 0. The average molecular weight is 156 g/mol. The zero-order valence-corrected chi connectivity index (χ0v) is 7.42. The highest BCUT2D eigenvalue weighted by atomic mass is 16.3. The number of ketones is 1. The van der Waals surface area contributed by atoms with E-state index in [-0.39, 0.29) is 5.78 Å². The molecule has 0 bridgehead atoms. The molecular formula is C9H16O2. The van der Waals surface area contributed by atoms with E-state index in [1.807, 2.05) is 0 Å². The SMILES string of the molecule is C=CC[C@](C)(C(C)=O)[C@H](C)O. The molecule has 0 unspecified atom stereocenters. The van der Waals surface area contributed by atoms with Gasteiger partial charge in [0, 0.05) is 0 Å². The molecular weight excluding hydrogens is 140 g/mol. The van der Waals surface area contributed by atoms with Crippen LogP contribution in [0.1, 0.15) is 27.2 Å². The van der Waals surface area contributed by atoms with Gasteiger partial charge in [0.2, 0.25) is 0 Å². The largest absolute Gasteiger partial charge is 0.392 e. The number of aliphatic hydroxyl groups is 1. The number of allylic oxidation sites excluding steroid dienone is 1. The third kappa shape index (κ3) is 2.15. The van der Waals surface area contributed by atoms with Gasteiger partial charge in [-0.05, 0) is 27.2 Å². The monoisotopic (exact) mass is 156 g/mol. The maximum atomic E-state index is 11.1. The fourth-order valence-electron chi connectivity index (χ4n) is 0.908. The van der Waals surface area contributed by atoms with Crippen LogP contribution < -0.4 is 0 Å². The maximum Gasteiger partial charge on any atom is 0.138 e. The number of aliphatic hydroxyl groups excluding tert-OH is 1. The summed E-state index contributed by atoms with van der Waals surface area (Å²) >= 11 is 0. The van der Waals surface area contributed by atoms with Gasteiger partial charge in [0.25, 0.3) is 0 Å². The molecule has 0 aromatic rings. The molecule has 0 aliphatic carbocycles. The van der Waals surface area contributed by atoms with Crippen LogP contribution in [0.4, 0.5) is 0 Å². The van der Waals surface area contributed by atoms with E-state index in [2.05, 4.69) is 6.58 Å². The van der Waals surface area contributed by atoms with Gasteiger partial charge in [-0.3, -0.25) is 4.79 Å². The number of rotatable bonds is 4. The third-order valence-electron chi connectivity index (χ3n) is 2.29. The molecule has 0 saturated heterocycles. The maximum absolute atomic E-state index is 11.1. The summed E-state index contributed by atoms with van der Waals surface area (Å²) < 4.78 is 0. The summed E-state index contributed by atoms with van der Waals surface area (Å²) in [5.41, 5.74) is -0.651. The van der Waals surface area contributed by atoms with Gasteiger partial charge in [0.05, 0.1) is 11.5 Å². The molecule has 1 N–H and O–H groups in total. The van der Waals surface area contributed by atoms with Crippen LogP contribution in [-0.2, 0) is 4.79 Å². The van der Waals surface area contributed by atoms with Crippen LogP contribution in [0.2, 0.25) is 0 Å². The van der Waals surface area contributed by atoms with E-state index in [1.165, 1.54) is 6.92 Å². The van der Waals surface area contributed by atoms with Gasteiger partial charge >= 0.3 is 0 Å². The van der Waals surface area contributed by atoms with Gasteiger partial charge in [-0.15, -0.1) is 6.58 Å². The van der Waals surface area contributed by atoms with Crippen molar-refractivity contribution in [2.45, 2.75) is 33.3 Å². The average Bonchev–Trinajstić information content (AvgIpc) is 1.87. The number of hydrogen-bond donors (Lipinski definition) is 1. The lowest BCUT2D eigenvalue weighted by atomic mass is 9.78. The summed E-state index contributed by atoms with van der Waals surface area (Å²) in [5.74, 6) is 0.00685. The summed E-state index contributed by atoms with van der Waals surface area (Å²) in [6.07, 6.45) is 1.58. The highest BCUT2D eigenvalue weighted by molar-refractivity contribution is 5.82. The molecule has 0 aliphatic rings. The summed E-state index contributed by atoms with van der Waals surface area (Å²) in [6.45, 7) is 8.42. The lowest BCUT2D eigenvalue weighted by molar-refractivity contribution is -0.131. The molecule has 0 amide bonds. The molecule has 0 spiro atoms. The Kier molecular flexibility index (Phi) is 3.46. The Labute approximate surface area is 67.9 Å². The topological polar surface area (TPSA) is 37.3 Å². The molecule has 0 aromatic heterocycles. The fraction of sp³-hybridized carbons (Fsp3) is 0.667. The van der Waals surface area contributed by atoms with E-state index in [0.29, 0.717) is 6.42 Å². The minimum Gasteiger partial charge on any atom is -0.392 e. The normalized spacial score (nSPS) is 18.5. The number of Topliss-reactive ketones (excluding diaryl/α,β-unsaturated/α-hetero) is 1. The van der Waals surface area contributed by atoms with Gasteiger partial charge in [-0.25, -0.2) is 0 Å². The second kappa shape index (κ2) is 3.67. The first-order chi connectivity index (χ1) is 4.95. The quantitative estimate of drug-likeness (QED) is 0.627. The van der Waals surface area contributed by atoms with E-state index in [0.717, 1.165) is 0 Å². The van der Waals surface area contributed by atoms with Gasteiger partial charge < -0.3 is 5.11 Å². The van der Waals surface area contributed by atoms with E-state index in [4.69, 9.17) is 0 Å². The molecule has 2 heteroatoms. The Hall–Kier alpha value is -0.630. The smallest absolute Gasteiger partial charge is 0.138 e. The molecule has 0 aromatic carbocycles. The lowest BCUT2D eigenvalue weighted by Gasteiger charge is -2.28. The van der Waals surface area contributed by atoms with Gasteiger partial charge in [-0.2, -0.15) is 0 Å². The molecule has 2 atom stereocenters. The van der Waals surface area contributed by atoms with Crippen LogP contribution in [0.5, 0.6) is 0 Å². The van der Waals surface area contributed by atoms with Crippen molar-refractivity contribution < 1.29 is 9.90 Å². The Morgan fingerprint density at radius 2 is 2.27 bits per heavy atom. The van der Waals surface area contributed by atoms with Crippen LogP contribution in [0, 0.1) is 5.41 Å². The second-order valence-corrected chi connectivity index (χ2v) is 3.14. The van der Waals surface area contributed by atoms with Gasteiger partial charge in [0.15, 0.2) is 0 Å². The second-order valence-electron chi connectivity index (χ2n) is 3.14. The van der Waals surface area contributed by atoms with Crippen molar-refractivity contribution in [2.24, 2.45) is 5.41 Å². The van der Waals surface area contributed by atoms with E-state index >= 15 is 0 Å². The highest BCUT2D eigenvalue weighted by Crippen LogP contribution is 2.27. The molecule has 0 heterocycles. The van der Waals surface area contributed by atoms with Crippen LogP contribution in [-0.4, -0.2) is 17.0 Å². The number of carbonyl (C=O) groups is 1. The van der Waals surface area contributed by atoms with Crippen molar-refractivity contribution in [3.8, 4) is 0 Å². The van der Waals surface area contributed by atoms with Crippen LogP contribution in [0.3, 0.4) is 0 Å². The van der Waals surface area contributed by atoms with Crippen LogP contribution in [0.15, 0.2) is 12.7 Å². The van der Waals surface area contributed by atoms with Crippen LogP contribution >= 0.6 is 0 Å².